The minimum atomic E-state index is -0.254. The van der Waals surface area contributed by atoms with E-state index in [-0.39, 0.29) is 6.10 Å². The van der Waals surface area contributed by atoms with Gasteiger partial charge in [-0.05, 0) is 6.07 Å². The molecule has 0 N–H and O–H groups in total. The van der Waals surface area contributed by atoms with Crippen LogP contribution in [0.15, 0.2) is 53.1 Å². The van der Waals surface area contributed by atoms with Crippen LogP contribution >= 0.6 is 0 Å². The number of ether oxygens (including phenoxy) is 3. The number of rotatable bonds is 6. The molecule has 7 heteroatoms. The summed E-state index contributed by atoms with van der Waals surface area (Å²) in [6, 6.07) is 15.7. The zero-order valence-electron chi connectivity index (χ0n) is 16.0. The van der Waals surface area contributed by atoms with Crippen molar-refractivity contribution in [2.24, 2.45) is 0 Å². The molecule has 1 fully saturated rings. The highest BCUT2D eigenvalue weighted by Gasteiger charge is 2.28. The van der Waals surface area contributed by atoms with E-state index in [1.165, 1.54) is 0 Å². The second kappa shape index (κ2) is 8.41. The molecule has 0 radical (unpaired) electrons. The normalized spacial score (nSPS) is 17.4. The number of methoxy groups -OCH3 is 2. The lowest BCUT2D eigenvalue weighted by Crippen LogP contribution is -2.38. The van der Waals surface area contributed by atoms with Crippen LogP contribution in [0.3, 0.4) is 0 Å². The van der Waals surface area contributed by atoms with Gasteiger partial charge in [0.2, 0.25) is 5.82 Å². The molecule has 28 heavy (non-hydrogen) atoms. The van der Waals surface area contributed by atoms with Gasteiger partial charge in [0.1, 0.15) is 6.10 Å². The third-order valence-corrected chi connectivity index (χ3v) is 4.78. The van der Waals surface area contributed by atoms with Gasteiger partial charge in [-0.3, -0.25) is 4.90 Å². The van der Waals surface area contributed by atoms with Crippen molar-refractivity contribution in [3.8, 4) is 22.9 Å². The summed E-state index contributed by atoms with van der Waals surface area (Å²) < 4.78 is 22.3. The Labute approximate surface area is 163 Å². The summed E-state index contributed by atoms with van der Waals surface area (Å²) in [5.74, 6) is 2.57. The SMILES string of the molecule is COc1cccc(CN2CCOC(c3nc(-c4ccccc4)no3)C2)c1OC. The lowest BCUT2D eigenvalue weighted by atomic mass is 10.1. The van der Waals surface area contributed by atoms with E-state index in [0.29, 0.717) is 24.9 Å². The van der Waals surface area contributed by atoms with Gasteiger partial charge in [-0.25, -0.2) is 0 Å². The van der Waals surface area contributed by atoms with Crippen LogP contribution in [0.5, 0.6) is 11.5 Å². The van der Waals surface area contributed by atoms with Crippen LogP contribution in [0.4, 0.5) is 0 Å². The largest absolute Gasteiger partial charge is 0.493 e. The van der Waals surface area contributed by atoms with E-state index in [1.807, 2.05) is 48.5 Å². The van der Waals surface area contributed by atoms with E-state index in [2.05, 4.69) is 15.0 Å². The first-order chi connectivity index (χ1) is 13.8. The topological polar surface area (TPSA) is 69.9 Å². The molecule has 0 amide bonds. The predicted molar refractivity (Wildman–Crippen MR) is 103 cm³/mol. The first-order valence-electron chi connectivity index (χ1n) is 9.21. The van der Waals surface area contributed by atoms with Crippen molar-refractivity contribution >= 4 is 0 Å². The van der Waals surface area contributed by atoms with Gasteiger partial charge in [-0.15, -0.1) is 0 Å². The minimum absolute atomic E-state index is 0.254. The van der Waals surface area contributed by atoms with Crippen molar-refractivity contribution in [2.45, 2.75) is 12.6 Å². The number of morpholine rings is 1. The summed E-state index contributed by atoms with van der Waals surface area (Å²) >= 11 is 0. The summed E-state index contributed by atoms with van der Waals surface area (Å²) in [6.07, 6.45) is -0.254. The molecule has 2 heterocycles. The molecule has 0 saturated carbocycles. The van der Waals surface area contributed by atoms with E-state index < -0.39 is 0 Å². The molecule has 0 aliphatic carbocycles. The number of aromatic nitrogens is 2. The van der Waals surface area contributed by atoms with Crippen molar-refractivity contribution in [1.29, 1.82) is 0 Å². The van der Waals surface area contributed by atoms with Gasteiger partial charge in [0, 0.05) is 30.8 Å². The molecule has 0 bridgehead atoms. The van der Waals surface area contributed by atoms with Gasteiger partial charge < -0.3 is 18.7 Å². The Morgan fingerprint density at radius 2 is 1.93 bits per heavy atom. The fraction of sp³-hybridized carbons (Fsp3) is 0.333. The van der Waals surface area contributed by atoms with E-state index in [1.54, 1.807) is 14.2 Å². The van der Waals surface area contributed by atoms with Gasteiger partial charge in [0.05, 0.1) is 20.8 Å². The average molecular weight is 381 g/mol. The van der Waals surface area contributed by atoms with Gasteiger partial charge in [0.25, 0.3) is 5.89 Å². The van der Waals surface area contributed by atoms with E-state index >= 15 is 0 Å². The molecule has 4 rings (SSSR count). The number of nitrogens with zero attached hydrogens (tertiary/aromatic N) is 3. The Morgan fingerprint density at radius 1 is 1.07 bits per heavy atom. The third kappa shape index (κ3) is 3.85. The highest BCUT2D eigenvalue weighted by molar-refractivity contribution is 5.53. The second-order valence-corrected chi connectivity index (χ2v) is 6.57. The summed E-state index contributed by atoms with van der Waals surface area (Å²) in [6.45, 7) is 2.80. The maximum absolute atomic E-state index is 5.89. The molecule has 1 aromatic heterocycles. The minimum Gasteiger partial charge on any atom is -0.493 e. The van der Waals surface area contributed by atoms with Crippen molar-refractivity contribution < 1.29 is 18.7 Å². The van der Waals surface area contributed by atoms with Crippen molar-refractivity contribution in [3.63, 3.8) is 0 Å². The highest BCUT2D eigenvalue weighted by atomic mass is 16.5. The Kier molecular flexibility index (Phi) is 5.55. The monoisotopic (exact) mass is 381 g/mol. The van der Waals surface area contributed by atoms with Gasteiger partial charge in [0.15, 0.2) is 11.5 Å². The second-order valence-electron chi connectivity index (χ2n) is 6.57. The van der Waals surface area contributed by atoms with Crippen molar-refractivity contribution in [1.82, 2.24) is 15.0 Å². The molecular formula is C21H23N3O4. The molecular weight excluding hydrogens is 358 g/mol. The van der Waals surface area contributed by atoms with Crippen LogP contribution in [0.25, 0.3) is 11.4 Å². The van der Waals surface area contributed by atoms with Crippen molar-refractivity contribution in [3.05, 3.63) is 60.0 Å². The lowest BCUT2D eigenvalue weighted by molar-refractivity contribution is -0.0476. The van der Waals surface area contributed by atoms with Crippen LogP contribution in [-0.4, -0.2) is 49.0 Å². The standard InChI is InChI=1S/C21H23N3O4/c1-25-17-10-6-9-16(19(17)26-2)13-24-11-12-27-18(14-24)21-22-20(23-28-21)15-7-4-3-5-8-15/h3-10,18H,11-14H2,1-2H3. The number of para-hydroxylation sites is 1. The molecule has 1 saturated heterocycles. The molecule has 7 nitrogen and oxygen atoms in total. The van der Waals surface area contributed by atoms with Crippen LogP contribution in [0.1, 0.15) is 17.6 Å². The number of hydrogen-bond acceptors (Lipinski definition) is 7. The number of benzene rings is 2. The first kappa shape index (κ1) is 18.5. The van der Waals surface area contributed by atoms with E-state index in [9.17, 15) is 0 Å². The van der Waals surface area contributed by atoms with Crippen LogP contribution in [0, 0.1) is 0 Å². The fourth-order valence-electron chi connectivity index (χ4n) is 3.39. The summed E-state index contributed by atoms with van der Waals surface area (Å²) in [5.41, 5.74) is 1.99. The third-order valence-electron chi connectivity index (χ3n) is 4.78. The van der Waals surface area contributed by atoms with Crippen LogP contribution < -0.4 is 9.47 Å². The quantitative estimate of drug-likeness (QED) is 0.649. The van der Waals surface area contributed by atoms with Crippen LogP contribution in [0.2, 0.25) is 0 Å². The molecule has 1 unspecified atom stereocenters. The highest BCUT2D eigenvalue weighted by Crippen LogP contribution is 2.32. The van der Waals surface area contributed by atoms with Gasteiger partial charge in [-0.1, -0.05) is 47.6 Å². The Bertz CT molecular complexity index is 913. The maximum Gasteiger partial charge on any atom is 0.257 e. The molecule has 146 valence electrons. The van der Waals surface area contributed by atoms with E-state index in [4.69, 9.17) is 18.7 Å². The fourth-order valence-corrected chi connectivity index (χ4v) is 3.39. The Morgan fingerprint density at radius 3 is 2.71 bits per heavy atom. The summed E-state index contributed by atoms with van der Waals surface area (Å²) in [7, 11) is 3.30. The maximum atomic E-state index is 5.89. The van der Waals surface area contributed by atoms with Gasteiger partial charge in [-0.2, -0.15) is 4.98 Å². The lowest BCUT2D eigenvalue weighted by Gasteiger charge is -2.31. The first-order valence-corrected chi connectivity index (χ1v) is 9.21. The Hall–Kier alpha value is -2.90. The number of hydrogen-bond donors (Lipinski definition) is 0. The average Bonchev–Trinajstić information content (AvgIpc) is 3.25. The zero-order valence-corrected chi connectivity index (χ0v) is 16.0. The summed E-state index contributed by atoms with van der Waals surface area (Å²) in [4.78, 5) is 6.82. The molecule has 0 spiro atoms. The van der Waals surface area contributed by atoms with E-state index in [0.717, 1.165) is 35.7 Å². The molecule has 2 aromatic carbocycles. The predicted octanol–water partition coefficient (Wildman–Crippen LogP) is 3.33. The smallest absolute Gasteiger partial charge is 0.257 e. The van der Waals surface area contributed by atoms with Gasteiger partial charge >= 0.3 is 0 Å². The zero-order chi connectivity index (χ0) is 19.3. The van der Waals surface area contributed by atoms with Crippen molar-refractivity contribution in [2.75, 3.05) is 33.9 Å². The molecule has 1 aliphatic heterocycles. The Balaban J connectivity index is 1.48. The van der Waals surface area contributed by atoms with Crippen LogP contribution in [-0.2, 0) is 11.3 Å². The molecule has 1 aliphatic rings. The molecule has 3 aromatic rings. The summed E-state index contributed by atoms with van der Waals surface area (Å²) in [5, 5.41) is 4.10. The molecule has 1 atom stereocenters.